The van der Waals surface area contributed by atoms with Crippen molar-refractivity contribution in [3.8, 4) is 0 Å². The summed E-state index contributed by atoms with van der Waals surface area (Å²) in [5.41, 5.74) is 0. The fourth-order valence-electron chi connectivity index (χ4n) is 1.95. The van der Waals surface area contributed by atoms with E-state index in [9.17, 15) is 0 Å². The lowest BCUT2D eigenvalue weighted by Crippen LogP contribution is -2.29. The Hall–Kier alpha value is 0.690. The number of hydrogen-bond acceptors (Lipinski definition) is 1. The van der Waals surface area contributed by atoms with E-state index in [2.05, 4.69) is 36.4 Å². The van der Waals surface area contributed by atoms with Crippen molar-refractivity contribution in [3.63, 3.8) is 0 Å². The van der Waals surface area contributed by atoms with Gasteiger partial charge in [0, 0.05) is 3.92 Å². The SMILES string of the molecule is CCC(C)OC1CCCCCCC1I. The van der Waals surface area contributed by atoms with Gasteiger partial charge < -0.3 is 4.74 Å². The average Bonchev–Trinajstić information content (AvgIpc) is 2.17. The summed E-state index contributed by atoms with van der Waals surface area (Å²) >= 11 is 2.59. The zero-order valence-corrected chi connectivity index (χ0v) is 11.6. The third kappa shape index (κ3) is 4.47. The first kappa shape index (κ1) is 12.8. The van der Waals surface area contributed by atoms with Gasteiger partial charge in [-0.15, -0.1) is 0 Å². The van der Waals surface area contributed by atoms with Gasteiger partial charge in [0.25, 0.3) is 0 Å². The maximum Gasteiger partial charge on any atom is 0.0696 e. The molecule has 0 amide bonds. The summed E-state index contributed by atoms with van der Waals surface area (Å²) in [5, 5.41) is 0. The molecule has 2 heteroatoms. The molecule has 3 atom stereocenters. The van der Waals surface area contributed by atoms with Crippen LogP contribution in [0.3, 0.4) is 0 Å². The van der Waals surface area contributed by atoms with Crippen LogP contribution in [0.15, 0.2) is 0 Å². The first-order valence-electron chi connectivity index (χ1n) is 6.03. The molecule has 0 aliphatic heterocycles. The van der Waals surface area contributed by atoms with Crippen molar-refractivity contribution < 1.29 is 4.74 Å². The third-order valence-electron chi connectivity index (χ3n) is 3.10. The fraction of sp³-hybridized carbons (Fsp3) is 1.00. The zero-order chi connectivity index (χ0) is 10.4. The monoisotopic (exact) mass is 310 g/mol. The lowest BCUT2D eigenvalue weighted by atomic mass is 9.98. The minimum absolute atomic E-state index is 0.441. The topological polar surface area (TPSA) is 9.23 Å². The molecule has 0 bridgehead atoms. The molecule has 3 unspecified atom stereocenters. The molecule has 0 spiro atoms. The van der Waals surface area contributed by atoms with E-state index in [-0.39, 0.29) is 0 Å². The van der Waals surface area contributed by atoms with Crippen molar-refractivity contribution in [2.45, 2.75) is 74.9 Å². The van der Waals surface area contributed by atoms with Gasteiger partial charge in [0.1, 0.15) is 0 Å². The molecule has 0 N–H and O–H groups in total. The van der Waals surface area contributed by atoms with E-state index < -0.39 is 0 Å². The Kier molecular flexibility index (Phi) is 6.42. The van der Waals surface area contributed by atoms with Crippen LogP contribution in [0.5, 0.6) is 0 Å². The molecule has 0 radical (unpaired) electrons. The lowest BCUT2D eigenvalue weighted by molar-refractivity contribution is -0.0105. The maximum absolute atomic E-state index is 6.08. The van der Waals surface area contributed by atoms with Gasteiger partial charge in [-0.05, 0) is 26.2 Å². The van der Waals surface area contributed by atoms with Crippen LogP contribution in [0.25, 0.3) is 0 Å². The highest BCUT2D eigenvalue weighted by molar-refractivity contribution is 14.1. The van der Waals surface area contributed by atoms with E-state index in [1.807, 2.05) is 0 Å². The van der Waals surface area contributed by atoms with Crippen molar-refractivity contribution in [1.82, 2.24) is 0 Å². The standard InChI is InChI=1S/C12H23IO/c1-3-10(2)14-12-9-7-5-4-6-8-11(12)13/h10-12H,3-9H2,1-2H3. The molecule has 1 fully saturated rings. The molecule has 0 heterocycles. The van der Waals surface area contributed by atoms with Crippen LogP contribution < -0.4 is 0 Å². The average molecular weight is 310 g/mol. The summed E-state index contributed by atoms with van der Waals surface area (Å²) < 4.78 is 6.82. The van der Waals surface area contributed by atoms with Gasteiger partial charge in [-0.25, -0.2) is 0 Å². The van der Waals surface area contributed by atoms with E-state index in [1.165, 1.54) is 38.5 Å². The minimum Gasteiger partial charge on any atom is -0.374 e. The second-order valence-corrected chi connectivity index (χ2v) is 6.00. The Bertz CT molecular complexity index is 149. The number of rotatable bonds is 3. The summed E-state index contributed by atoms with van der Waals surface area (Å²) in [5.74, 6) is 0. The molecule has 0 aromatic rings. The summed E-state index contributed by atoms with van der Waals surface area (Å²) in [6, 6.07) is 0. The van der Waals surface area contributed by atoms with Crippen LogP contribution in [0.2, 0.25) is 0 Å². The van der Waals surface area contributed by atoms with Gasteiger partial charge in [-0.2, -0.15) is 0 Å². The second kappa shape index (κ2) is 7.04. The second-order valence-electron chi connectivity index (χ2n) is 4.40. The van der Waals surface area contributed by atoms with Gasteiger partial charge in [0.2, 0.25) is 0 Å². The molecule has 14 heavy (non-hydrogen) atoms. The molecule has 0 aromatic carbocycles. The first-order chi connectivity index (χ1) is 6.74. The summed E-state index contributed by atoms with van der Waals surface area (Å²) in [6.07, 6.45) is 10.3. The lowest BCUT2D eigenvalue weighted by Gasteiger charge is -2.28. The quantitative estimate of drug-likeness (QED) is 0.557. The molecule has 1 aliphatic rings. The Labute approximate surface area is 102 Å². The van der Waals surface area contributed by atoms with E-state index in [4.69, 9.17) is 4.74 Å². The van der Waals surface area contributed by atoms with E-state index in [1.54, 1.807) is 0 Å². The first-order valence-corrected chi connectivity index (χ1v) is 7.28. The van der Waals surface area contributed by atoms with Gasteiger partial charge >= 0.3 is 0 Å². The molecular weight excluding hydrogens is 287 g/mol. The number of alkyl halides is 1. The molecule has 1 nitrogen and oxygen atoms in total. The predicted molar refractivity (Wildman–Crippen MR) is 70.1 cm³/mol. The highest BCUT2D eigenvalue weighted by atomic mass is 127. The van der Waals surface area contributed by atoms with Crippen LogP contribution in [0.1, 0.15) is 58.8 Å². The van der Waals surface area contributed by atoms with Crippen LogP contribution in [0, 0.1) is 0 Å². The van der Waals surface area contributed by atoms with Gasteiger partial charge in [-0.3, -0.25) is 0 Å². The predicted octanol–water partition coefficient (Wildman–Crippen LogP) is 4.33. The van der Waals surface area contributed by atoms with Crippen LogP contribution >= 0.6 is 22.6 Å². The van der Waals surface area contributed by atoms with Crippen molar-refractivity contribution in [2.24, 2.45) is 0 Å². The van der Waals surface area contributed by atoms with Crippen LogP contribution in [-0.4, -0.2) is 16.1 Å². The van der Waals surface area contributed by atoms with Gasteiger partial charge in [0.15, 0.2) is 0 Å². The Morgan fingerprint density at radius 3 is 2.50 bits per heavy atom. The van der Waals surface area contributed by atoms with E-state index in [0.717, 1.165) is 10.3 Å². The van der Waals surface area contributed by atoms with Crippen molar-refractivity contribution >= 4 is 22.6 Å². The summed E-state index contributed by atoms with van der Waals surface area (Å²) in [6.45, 7) is 4.40. The van der Waals surface area contributed by atoms with Crippen molar-refractivity contribution in [1.29, 1.82) is 0 Å². The maximum atomic E-state index is 6.08. The van der Waals surface area contributed by atoms with Gasteiger partial charge in [-0.1, -0.05) is 55.2 Å². The number of hydrogen-bond donors (Lipinski definition) is 0. The summed E-state index contributed by atoms with van der Waals surface area (Å²) in [7, 11) is 0. The Balaban J connectivity index is 2.37. The molecule has 1 aliphatic carbocycles. The minimum atomic E-state index is 0.441. The van der Waals surface area contributed by atoms with Gasteiger partial charge in [0.05, 0.1) is 12.2 Å². The van der Waals surface area contributed by atoms with Crippen LogP contribution in [-0.2, 0) is 4.74 Å². The highest BCUT2D eigenvalue weighted by Crippen LogP contribution is 2.26. The molecule has 1 rings (SSSR count). The Morgan fingerprint density at radius 1 is 1.21 bits per heavy atom. The number of halogens is 1. The molecule has 0 saturated heterocycles. The molecule has 1 saturated carbocycles. The third-order valence-corrected chi connectivity index (χ3v) is 4.53. The molecule has 84 valence electrons. The Morgan fingerprint density at radius 2 is 1.86 bits per heavy atom. The normalized spacial score (nSPS) is 31.9. The van der Waals surface area contributed by atoms with E-state index in [0.29, 0.717) is 12.2 Å². The fourth-order valence-corrected chi connectivity index (χ4v) is 2.92. The molecular formula is C12H23IO. The molecule has 0 aromatic heterocycles. The smallest absolute Gasteiger partial charge is 0.0696 e. The van der Waals surface area contributed by atoms with E-state index >= 15 is 0 Å². The largest absolute Gasteiger partial charge is 0.374 e. The summed E-state index contributed by atoms with van der Waals surface area (Å²) in [4.78, 5) is 0. The van der Waals surface area contributed by atoms with Crippen molar-refractivity contribution in [2.75, 3.05) is 0 Å². The van der Waals surface area contributed by atoms with Crippen LogP contribution in [0.4, 0.5) is 0 Å². The van der Waals surface area contributed by atoms with Crippen molar-refractivity contribution in [3.05, 3.63) is 0 Å². The number of ether oxygens (including phenoxy) is 1. The zero-order valence-electron chi connectivity index (χ0n) is 9.47. The highest BCUT2D eigenvalue weighted by Gasteiger charge is 2.22.